The van der Waals surface area contributed by atoms with Crippen LogP contribution in [0.2, 0.25) is 5.28 Å². The number of ether oxygens (including phenoxy) is 3. The minimum atomic E-state index is -4.67. The Balaban J connectivity index is 1.12. The Morgan fingerprint density at radius 2 is 1.82 bits per heavy atom. The zero-order valence-corrected chi connectivity index (χ0v) is 29.5. The number of hydrogen-bond donors (Lipinski definition) is 0. The van der Waals surface area contributed by atoms with Crippen molar-refractivity contribution in [2.24, 2.45) is 5.41 Å². The molecule has 1 aliphatic carbocycles. The number of amides is 2. The number of aromatic nitrogens is 4. The van der Waals surface area contributed by atoms with E-state index in [1.54, 1.807) is 11.1 Å². The number of fused-ring (bicyclic) bond motifs is 1. The molecule has 0 bridgehead atoms. The normalized spacial score (nSPS) is 17.1. The second kappa shape index (κ2) is 13.6. The van der Waals surface area contributed by atoms with E-state index in [4.69, 9.17) is 25.8 Å². The van der Waals surface area contributed by atoms with Crippen LogP contribution in [0, 0.1) is 11.2 Å². The molecule has 1 spiro atoms. The summed E-state index contributed by atoms with van der Waals surface area (Å²) in [5, 5.41) is 7.60. The van der Waals surface area contributed by atoms with Crippen molar-refractivity contribution in [1.82, 2.24) is 30.0 Å². The largest absolute Gasteiger partial charge is 0.490 e. The molecule has 2 aromatic heterocycles. The van der Waals surface area contributed by atoms with Crippen LogP contribution >= 0.6 is 11.6 Å². The predicted octanol–water partition coefficient (Wildman–Crippen LogP) is 6.61. The Labute approximate surface area is 297 Å². The molecule has 51 heavy (non-hydrogen) atoms. The number of carbonyl (C=O) groups is 2. The average Bonchev–Trinajstić information content (AvgIpc) is 3.00. The first-order valence-electron chi connectivity index (χ1n) is 16.5. The van der Waals surface area contributed by atoms with Gasteiger partial charge in [0.15, 0.2) is 5.82 Å². The van der Waals surface area contributed by atoms with Crippen LogP contribution in [0.3, 0.4) is 0 Å². The number of anilines is 1. The van der Waals surface area contributed by atoms with E-state index in [0.29, 0.717) is 43.2 Å². The molecule has 6 rings (SSSR count). The smallest absolute Gasteiger partial charge is 0.410 e. The van der Waals surface area contributed by atoms with Crippen molar-refractivity contribution in [2.45, 2.75) is 84.3 Å². The molecule has 2 amide bonds. The highest BCUT2D eigenvalue weighted by molar-refractivity contribution is 6.28. The van der Waals surface area contributed by atoms with Crippen molar-refractivity contribution in [2.75, 3.05) is 31.1 Å². The van der Waals surface area contributed by atoms with Gasteiger partial charge in [-0.1, -0.05) is 0 Å². The van der Waals surface area contributed by atoms with Gasteiger partial charge in [0.25, 0.3) is 11.8 Å². The lowest BCUT2D eigenvalue weighted by atomic mass is 9.61. The molecular formula is C34H38ClF4N7O5. The molecule has 1 saturated carbocycles. The lowest BCUT2D eigenvalue weighted by Crippen LogP contribution is -2.65. The molecule has 3 aromatic rings. The molecule has 0 atom stereocenters. The third kappa shape index (κ3) is 8.21. The first-order chi connectivity index (χ1) is 23.9. The van der Waals surface area contributed by atoms with Gasteiger partial charge in [-0.15, -0.1) is 10.2 Å². The van der Waals surface area contributed by atoms with Gasteiger partial charge in [0.1, 0.15) is 35.6 Å². The topological polar surface area (TPSA) is 123 Å². The van der Waals surface area contributed by atoms with Gasteiger partial charge < -0.3 is 28.9 Å². The molecule has 2 aliphatic heterocycles. The summed E-state index contributed by atoms with van der Waals surface area (Å²) >= 11 is 6.10. The van der Waals surface area contributed by atoms with Crippen molar-refractivity contribution in [1.29, 1.82) is 0 Å². The van der Waals surface area contributed by atoms with Crippen molar-refractivity contribution >= 4 is 29.4 Å². The number of hydrogen-bond acceptors (Lipinski definition) is 10. The Kier molecular flexibility index (Phi) is 9.67. The number of rotatable bonds is 8. The van der Waals surface area contributed by atoms with E-state index < -0.39 is 41.7 Å². The summed E-state index contributed by atoms with van der Waals surface area (Å²) < 4.78 is 72.1. The van der Waals surface area contributed by atoms with E-state index in [2.05, 4.69) is 20.2 Å². The summed E-state index contributed by atoms with van der Waals surface area (Å²) in [6, 6.07) is 3.96. The third-order valence-corrected chi connectivity index (χ3v) is 9.07. The Bertz CT molecular complexity index is 1810. The Hall–Kier alpha value is -4.47. The fourth-order valence-electron chi connectivity index (χ4n) is 6.60. The monoisotopic (exact) mass is 735 g/mol. The van der Waals surface area contributed by atoms with E-state index in [0.717, 1.165) is 42.3 Å². The number of pyridine rings is 1. The van der Waals surface area contributed by atoms with Crippen LogP contribution in [0.25, 0.3) is 0 Å². The molecule has 2 fully saturated rings. The maximum atomic E-state index is 14.3. The van der Waals surface area contributed by atoms with Crippen LogP contribution in [-0.2, 0) is 17.7 Å². The molecule has 1 aromatic carbocycles. The van der Waals surface area contributed by atoms with E-state index >= 15 is 0 Å². The zero-order valence-electron chi connectivity index (χ0n) is 28.8. The summed E-state index contributed by atoms with van der Waals surface area (Å²) in [5.74, 6) is -1.36. The predicted molar refractivity (Wildman–Crippen MR) is 176 cm³/mol. The highest BCUT2D eigenvalue weighted by Gasteiger charge is 2.54. The number of nitrogens with zero attached hydrogens (tertiary/aromatic N) is 7. The van der Waals surface area contributed by atoms with Gasteiger partial charge in [0.05, 0.1) is 17.8 Å². The van der Waals surface area contributed by atoms with Crippen molar-refractivity contribution in [3.05, 3.63) is 58.4 Å². The fraction of sp³-hybridized carbons (Fsp3) is 0.529. The van der Waals surface area contributed by atoms with Crippen LogP contribution < -0.4 is 14.4 Å². The molecule has 1 saturated heterocycles. The molecule has 0 N–H and O–H groups in total. The minimum Gasteiger partial charge on any atom is -0.490 e. The molecule has 274 valence electrons. The van der Waals surface area contributed by atoms with Gasteiger partial charge >= 0.3 is 12.3 Å². The number of benzene rings is 1. The summed E-state index contributed by atoms with van der Waals surface area (Å²) in [4.78, 5) is 38.9. The highest BCUT2D eigenvalue weighted by Crippen LogP contribution is 2.52. The quantitative estimate of drug-likeness (QED) is 0.234. The number of halogens is 5. The lowest BCUT2D eigenvalue weighted by molar-refractivity contribution is -0.143. The van der Waals surface area contributed by atoms with Crippen LogP contribution in [0.4, 0.5) is 28.2 Å². The lowest BCUT2D eigenvalue weighted by Gasteiger charge is -2.58. The average molecular weight is 736 g/mol. The first-order valence-corrected chi connectivity index (χ1v) is 16.9. The Morgan fingerprint density at radius 3 is 2.49 bits per heavy atom. The molecule has 0 unspecified atom stereocenters. The van der Waals surface area contributed by atoms with Crippen molar-refractivity contribution < 1.29 is 41.4 Å². The van der Waals surface area contributed by atoms with Crippen LogP contribution in [-0.4, -0.2) is 92.1 Å². The first kappa shape index (κ1) is 36.3. The molecule has 3 aliphatic rings. The van der Waals surface area contributed by atoms with Gasteiger partial charge in [-0.3, -0.25) is 9.78 Å². The standard InChI is InChI=1S/C34H38ClF4N7O5/c1-19(2)46(18-34(37,38)39)29(47)22-12-20(36)6-7-25(22)50-28-27(41-30(35)43-42-28)45-16-33(17-45)13-21(14-33)49-26-8-10-40-24-9-11-44(15-23(24)26)31(48)51-32(3,4)5/h6-8,10,12,19,21H,9,11,13-18H2,1-5H3. The molecule has 12 nitrogen and oxygen atoms in total. The molecular weight excluding hydrogens is 698 g/mol. The van der Waals surface area contributed by atoms with Gasteiger partial charge in [-0.2, -0.15) is 18.2 Å². The van der Waals surface area contributed by atoms with Crippen molar-refractivity contribution in [3.8, 4) is 17.4 Å². The maximum absolute atomic E-state index is 14.3. The molecule has 17 heteroatoms. The van der Waals surface area contributed by atoms with Crippen LogP contribution in [0.1, 0.15) is 69.1 Å². The zero-order chi connectivity index (χ0) is 36.9. The van der Waals surface area contributed by atoms with Gasteiger partial charge in [-0.25, -0.2) is 9.18 Å². The maximum Gasteiger partial charge on any atom is 0.410 e. The number of carbonyl (C=O) groups excluding carboxylic acids is 2. The summed E-state index contributed by atoms with van der Waals surface area (Å²) in [5.41, 5.74) is 0.632. The summed E-state index contributed by atoms with van der Waals surface area (Å²) in [7, 11) is 0. The minimum absolute atomic E-state index is 0.0771. The van der Waals surface area contributed by atoms with Gasteiger partial charge in [0, 0.05) is 49.3 Å². The second-order valence-corrected chi connectivity index (χ2v) is 14.8. The van der Waals surface area contributed by atoms with Crippen LogP contribution in [0.5, 0.6) is 17.4 Å². The number of alkyl halides is 3. The highest BCUT2D eigenvalue weighted by atomic mass is 35.5. The third-order valence-electron chi connectivity index (χ3n) is 8.91. The van der Waals surface area contributed by atoms with Crippen LogP contribution in [0.15, 0.2) is 30.5 Å². The Morgan fingerprint density at radius 1 is 1.10 bits per heavy atom. The van der Waals surface area contributed by atoms with Gasteiger partial charge in [-0.05, 0) is 83.3 Å². The van der Waals surface area contributed by atoms with E-state index in [-0.39, 0.29) is 40.3 Å². The van der Waals surface area contributed by atoms with Gasteiger partial charge in [0.2, 0.25) is 5.28 Å². The van der Waals surface area contributed by atoms with E-state index in [9.17, 15) is 27.2 Å². The fourth-order valence-corrected chi connectivity index (χ4v) is 6.72. The van der Waals surface area contributed by atoms with E-state index in [1.165, 1.54) is 13.8 Å². The van der Waals surface area contributed by atoms with E-state index in [1.807, 2.05) is 31.7 Å². The summed E-state index contributed by atoms with van der Waals surface area (Å²) in [6.07, 6.45) is -1.37. The van der Waals surface area contributed by atoms with Crippen molar-refractivity contribution in [3.63, 3.8) is 0 Å². The second-order valence-electron chi connectivity index (χ2n) is 14.5. The summed E-state index contributed by atoms with van der Waals surface area (Å²) in [6.45, 7) is 8.73. The molecule has 4 heterocycles. The molecule has 0 radical (unpaired) electrons. The SMILES string of the molecule is CC(C)N(CC(F)(F)F)C(=O)c1cc(F)ccc1Oc1nnc(Cl)nc1N1CC2(CC(Oc3ccnc4c3CN(C(=O)OC(C)(C)C)CC4)C2)C1.